The molecule has 0 radical (unpaired) electrons. The molecular weight excluding hydrogens is 465 g/mol. The van der Waals surface area contributed by atoms with Crippen molar-refractivity contribution < 1.29 is 23.5 Å². The minimum absolute atomic E-state index is 0.0121. The Kier molecular flexibility index (Phi) is 5.63. The molecule has 0 bridgehead atoms. The Bertz CT molecular complexity index is 1240. The Labute approximate surface area is 208 Å². The number of hydrogen-bond donors (Lipinski definition) is 1. The van der Waals surface area contributed by atoms with Crippen molar-refractivity contribution in [3.05, 3.63) is 48.0 Å². The van der Waals surface area contributed by atoms with E-state index in [4.69, 9.17) is 15.2 Å². The molecule has 5 rings (SSSR count). The lowest BCUT2D eigenvalue weighted by Gasteiger charge is -2.27. The van der Waals surface area contributed by atoms with Gasteiger partial charge in [-0.2, -0.15) is 5.26 Å². The van der Waals surface area contributed by atoms with Crippen LogP contribution in [0.5, 0.6) is 0 Å². The lowest BCUT2D eigenvalue weighted by atomic mass is 9.95. The number of cyclic esters (lactones) is 1. The zero-order valence-electron chi connectivity index (χ0n) is 20.4. The summed E-state index contributed by atoms with van der Waals surface area (Å²) in [7, 11) is 0. The van der Waals surface area contributed by atoms with E-state index in [0.717, 1.165) is 0 Å². The van der Waals surface area contributed by atoms with Gasteiger partial charge in [0.1, 0.15) is 22.9 Å². The SMILES string of the molecule is CC(C)(C)OC(=O)N1CC2C(C1)C2(C#N)c1ccc(-c2ccc(N3C[C@H](CN)OC3=O)cc2F)cn1. The molecule has 10 heteroatoms. The first-order valence-electron chi connectivity index (χ1n) is 11.9. The van der Waals surface area contributed by atoms with Gasteiger partial charge in [-0.3, -0.25) is 9.88 Å². The molecule has 36 heavy (non-hydrogen) atoms. The van der Waals surface area contributed by atoms with E-state index in [0.29, 0.717) is 35.6 Å². The Morgan fingerprint density at radius 2 is 2.00 bits per heavy atom. The summed E-state index contributed by atoms with van der Waals surface area (Å²) in [6.07, 6.45) is 0.221. The second kappa shape index (κ2) is 8.45. The molecule has 2 N–H and O–H groups in total. The number of rotatable bonds is 4. The van der Waals surface area contributed by atoms with Gasteiger partial charge in [-0.15, -0.1) is 0 Å². The maximum absolute atomic E-state index is 15.0. The second-order valence-electron chi connectivity index (χ2n) is 10.5. The molecule has 2 saturated heterocycles. The number of benzene rings is 1. The highest BCUT2D eigenvalue weighted by atomic mass is 19.1. The number of anilines is 1. The van der Waals surface area contributed by atoms with E-state index < -0.39 is 29.0 Å². The van der Waals surface area contributed by atoms with E-state index in [2.05, 4.69) is 11.1 Å². The summed E-state index contributed by atoms with van der Waals surface area (Å²) >= 11 is 0. The molecular formula is C26H28FN5O4. The number of fused-ring (bicyclic) bond motifs is 1. The zero-order chi connectivity index (χ0) is 25.8. The average Bonchev–Trinajstić information content (AvgIpc) is 3.13. The highest BCUT2D eigenvalue weighted by molar-refractivity contribution is 5.90. The Balaban J connectivity index is 1.30. The molecule has 0 spiro atoms. The predicted octanol–water partition coefficient (Wildman–Crippen LogP) is 3.43. The number of nitriles is 1. The van der Waals surface area contributed by atoms with Gasteiger partial charge in [0.25, 0.3) is 0 Å². The first-order chi connectivity index (χ1) is 17.1. The minimum atomic E-state index is -0.755. The number of amides is 2. The van der Waals surface area contributed by atoms with Gasteiger partial charge in [0.05, 0.1) is 24.0 Å². The molecule has 2 aromatic rings. The largest absolute Gasteiger partial charge is 0.444 e. The molecule has 9 nitrogen and oxygen atoms in total. The summed E-state index contributed by atoms with van der Waals surface area (Å²) in [6.45, 7) is 6.81. The molecule has 1 saturated carbocycles. The molecule has 1 aromatic carbocycles. The van der Waals surface area contributed by atoms with Crippen molar-refractivity contribution >= 4 is 17.9 Å². The van der Waals surface area contributed by atoms with E-state index in [1.807, 2.05) is 20.8 Å². The number of aromatic nitrogens is 1. The number of likely N-dealkylation sites (tertiary alicyclic amines) is 1. The summed E-state index contributed by atoms with van der Waals surface area (Å²) < 4.78 is 25.6. The van der Waals surface area contributed by atoms with Gasteiger partial charge in [0.2, 0.25) is 0 Å². The van der Waals surface area contributed by atoms with Crippen LogP contribution in [-0.4, -0.2) is 60.0 Å². The number of carbonyl (C=O) groups is 2. The van der Waals surface area contributed by atoms with Crippen molar-refractivity contribution in [1.29, 1.82) is 5.26 Å². The maximum Gasteiger partial charge on any atom is 0.414 e. The third-order valence-electron chi connectivity index (χ3n) is 7.12. The Morgan fingerprint density at radius 1 is 1.28 bits per heavy atom. The number of hydrogen-bond acceptors (Lipinski definition) is 7. The van der Waals surface area contributed by atoms with Gasteiger partial charge < -0.3 is 20.1 Å². The zero-order valence-corrected chi connectivity index (χ0v) is 20.4. The van der Waals surface area contributed by atoms with E-state index in [1.54, 1.807) is 35.4 Å². The molecule has 1 aromatic heterocycles. The number of halogens is 1. The van der Waals surface area contributed by atoms with Crippen LogP contribution >= 0.6 is 0 Å². The molecule has 3 fully saturated rings. The fourth-order valence-corrected chi connectivity index (χ4v) is 5.27. The Hall–Kier alpha value is -3.71. The van der Waals surface area contributed by atoms with Crippen molar-refractivity contribution in [2.45, 2.75) is 37.9 Å². The van der Waals surface area contributed by atoms with E-state index in [9.17, 15) is 19.2 Å². The van der Waals surface area contributed by atoms with Crippen molar-refractivity contribution in [3.8, 4) is 17.2 Å². The van der Waals surface area contributed by atoms with E-state index >= 15 is 0 Å². The fourth-order valence-electron chi connectivity index (χ4n) is 5.27. The predicted molar refractivity (Wildman–Crippen MR) is 128 cm³/mol. The highest BCUT2D eigenvalue weighted by Gasteiger charge is 2.71. The molecule has 1 aliphatic carbocycles. The third-order valence-corrected chi connectivity index (χ3v) is 7.12. The monoisotopic (exact) mass is 493 g/mol. The topological polar surface area (TPSA) is 122 Å². The van der Waals surface area contributed by atoms with Crippen molar-refractivity contribution in [2.24, 2.45) is 17.6 Å². The smallest absolute Gasteiger partial charge is 0.414 e. The molecule has 2 unspecified atom stereocenters. The van der Waals surface area contributed by atoms with Gasteiger partial charge in [0, 0.05) is 48.8 Å². The lowest BCUT2D eigenvalue weighted by Crippen LogP contribution is -2.39. The Morgan fingerprint density at radius 3 is 2.53 bits per heavy atom. The van der Waals surface area contributed by atoms with E-state index in [-0.39, 0.29) is 31.0 Å². The summed E-state index contributed by atoms with van der Waals surface area (Å²) in [5, 5.41) is 10.0. The molecule has 3 heterocycles. The first kappa shape index (κ1) is 24.0. The fraction of sp³-hybridized carbons (Fsp3) is 0.462. The van der Waals surface area contributed by atoms with Crippen LogP contribution in [-0.2, 0) is 14.9 Å². The quantitative estimate of drug-likeness (QED) is 0.692. The maximum atomic E-state index is 15.0. The molecule has 3 aliphatic rings. The van der Waals surface area contributed by atoms with Crippen molar-refractivity contribution in [1.82, 2.24) is 9.88 Å². The molecule has 2 amide bonds. The standard InChI is InChI=1S/C26H28FN5O4/c1-25(2,3)36-23(33)31-12-19-20(13-31)26(19,14-29)22-7-4-15(10-30-22)18-6-5-16(8-21(18)27)32-11-17(9-28)35-24(32)34/h4-8,10,17,19-20H,9,11-13,28H2,1-3H3/t17-,19?,20?,26?/m0/s1. The minimum Gasteiger partial charge on any atom is -0.444 e. The van der Waals surface area contributed by atoms with Gasteiger partial charge in [-0.25, -0.2) is 14.0 Å². The normalized spacial score (nSPS) is 26.9. The summed E-state index contributed by atoms with van der Waals surface area (Å²) in [5.41, 5.74) is 6.14. The number of carbonyl (C=O) groups excluding carboxylic acids is 2. The van der Waals surface area contributed by atoms with Crippen LogP contribution in [0, 0.1) is 29.0 Å². The number of ether oxygens (including phenoxy) is 2. The van der Waals surface area contributed by atoms with Crippen LogP contribution in [0.25, 0.3) is 11.1 Å². The molecule has 188 valence electrons. The van der Waals surface area contributed by atoms with Crippen LogP contribution < -0.4 is 10.6 Å². The molecule has 2 aliphatic heterocycles. The van der Waals surface area contributed by atoms with Gasteiger partial charge >= 0.3 is 12.2 Å². The van der Waals surface area contributed by atoms with Crippen molar-refractivity contribution in [2.75, 3.05) is 31.1 Å². The third kappa shape index (κ3) is 3.93. The molecule has 3 atom stereocenters. The average molecular weight is 494 g/mol. The number of nitrogens with two attached hydrogens (primary N) is 1. The van der Waals surface area contributed by atoms with Crippen LogP contribution in [0.1, 0.15) is 26.5 Å². The summed E-state index contributed by atoms with van der Waals surface area (Å²) in [6, 6.07) is 10.5. The van der Waals surface area contributed by atoms with Crippen LogP contribution in [0.2, 0.25) is 0 Å². The lowest BCUT2D eigenvalue weighted by molar-refractivity contribution is 0.0265. The second-order valence-corrected chi connectivity index (χ2v) is 10.5. The highest BCUT2D eigenvalue weighted by Crippen LogP contribution is 2.62. The van der Waals surface area contributed by atoms with Crippen LogP contribution in [0.15, 0.2) is 36.5 Å². The van der Waals surface area contributed by atoms with E-state index in [1.165, 1.54) is 11.0 Å². The van der Waals surface area contributed by atoms with Gasteiger partial charge in [0.15, 0.2) is 0 Å². The number of pyridine rings is 1. The van der Waals surface area contributed by atoms with Crippen LogP contribution in [0.4, 0.5) is 19.7 Å². The van der Waals surface area contributed by atoms with Gasteiger partial charge in [-0.1, -0.05) is 6.07 Å². The first-order valence-corrected chi connectivity index (χ1v) is 11.9. The summed E-state index contributed by atoms with van der Waals surface area (Å²) in [5.74, 6) is -0.527. The number of nitrogens with zero attached hydrogens (tertiary/aromatic N) is 4. The number of piperidine rings is 1. The van der Waals surface area contributed by atoms with Gasteiger partial charge in [-0.05, 0) is 45.0 Å². The van der Waals surface area contributed by atoms with Crippen LogP contribution in [0.3, 0.4) is 0 Å². The van der Waals surface area contributed by atoms with Crippen molar-refractivity contribution in [3.63, 3.8) is 0 Å². The summed E-state index contributed by atoms with van der Waals surface area (Å²) in [4.78, 5) is 32.0.